The second-order valence-corrected chi connectivity index (χ2v) is 8.65. The summed E-state index contributed by atoms with van der Waals surface area (Å²) in [7, 11) is 1.84. The topological polar surface area (TPSA) is 39.7 Å². The summed E-state index contributed by atoms with van der Waals surface area (Å²) in [6, 6.07) is 9.07. The van der Waals surface area contributed by atoms with Crippen LogP contribution in [0.25, 0.3) is 0 Å². The molecule has 0 amide bonds. The van der Waals surface area contributed by atoms with Crippen molar-refractivity contribution >= 4 is 52.6 Å². The number of hydrogen-bond donors (Lipinski definition) is 2. The fraction of sp³-hybridized carbons (Fsp3) is 0.526. The van der Waals surface area contributed by atoms with Crippen molar-refractivity contribution in [1.82, 2.24) is 15.5 Å². The predicted octanol–water partition coefficient (Wildman–Crippen LogP) is 4.57. The van der Waals surface area contributed by atoms with Gasteiger partial charge in [0.25, 0.3) is 0 Å². The fourth-order valence-corrected chi connectivity index (χ4v) is 4.73. The van der Waals surface area contributed by atoms with E-state index in [-0.39, 0.29) is 24.0 Å². The molecular formula is C19H29IN4S2. The molecular weight excluding hydrogens is 475 g/mol. The third-order valence-corrected chi connectivity index (χ3v) is 6.68. The molecule has 144 valence electrons. The molecule has 1 aliphatic rings. The molecule has 1 saturated heterocycles. The zero-order chi connectivity index (χ0) is 17.5. The van der Waals surface area contributed by atoms with Crippen LogP contribution >= 0.6 is 46.7 Å². The average molecular weight is 505 g/mol. The Morgan fingerprint density at radius 3 is 2.54 bits per heavy atom. The van der Waals surface area contributed by atoms with Crippen molar-refractivity contribution in [2.24, 2.45) is 10.9 Å². The first kappa shape index (κ1) is 21.7. The molecule has 7 heteroatoms. The van der Waals surface area contributed by atoms with Gasteiger partial charge in [-0.3, -0.25) is 9.89 Å². The Balaban J connectivity index is 0.00000243. The molecule has 0 aliphatic carbocycles. The molecule has 2 N–H and O–H groups in total. The summed E-state index contributed by atoms with van der Waals surface area (Å²) in [4.78, 5) is 9.77. The maximum atomic E-state index is 4.38. The van der Waals surface area contributed by atoms with Crippen molar-refractivity contribution in [3.63, 3.8) is 0 Å². The molecule has 1 unspecified atom stereocenters. The van der Waals surface area contributed by atoms with Crippen molar-refractivity contribution in [1.29, 1.82) is 0 Å². The molecule has 1 atom stereocenters. The molecule has 2 aromatic rings. The van der Waals surface area contributed by atoms with E-state index in [0.29, 0.717) is 6.04 Å². The Morgan fingerprint density at radius 1 is 1.19 bits per heavy atom. The highest BCUT2D eigenvalue weighted by molar-refractivity contribution is 14.0. The number of likely N-dealkylation sites (tertiary alicyclic amines) is 1. The molecule has 0 bridgehead atoms. The van der Waals surface area contributed by atoms with E-state index < -0.39 is 0 Å². The summed E-state index contributed by atoms with van der Waals surface area (Å²) in [5.41, 5.74) is 0. The van der Waals surface area contributed by atoms with Gasteiger partial charge in [0.2, 0.25) is 0 Å². The first-order valence-corrected chi connectivity index (χ1v) is 10.8. The van der Waals surface area contributed by atoms with Crippen molar-refractivity contribution in [2.75, 3.05) is 26.7 Å². The summed E-state index contributed by atoms with van der Waals surface area (Å²) in [6.45, 7) is 6.45. The first-order chi connectivity index (χ1) is 12.3. The lowest BCUT2D eigenvalue weighted by atomic mass is 9.97. The number of guanidine groups is 1. The van der Waals surface area contributed by atoms with Crippen LogP contribution in [-0.4, -0.2) is 37.5 Å². The number of halogens is 1. The summed E-state index contributed by atoms with van der Waals surface area (Å²) in [6.07, 6.45) is 2.60. The van der Waals surface area contributed by atoms with Gasteiger partial charge >= 0.3 is 0 Å². The monoisotopic (exact) mass is 504 g/mol. The lowest BCUT2D eigenvalue weighted by Crippen LogP contribution is -2.44. The molecule has 3 rings (SSSR count). The van der Waals surface area contributed by atoms with Crippen LogP contribution in [0, 0.1) is 5.92 Å². The van der Waals surface area contributed by atoms with Gasteiger partial charge in [-0.1, -0.05) is 19.1 Å². The van der Waals surface area contributed by atoms with Gasteiger partial charge in [-0.25, -0.2) is 0 Å². The normalized spacial score (nSPS) is 17.5. The SMILES string of the molecule is CN=C(NCc1cccs1)NCC(c1cccs1)N1CCC(C)CC1.I. The molecule has 1 aliphatic heterocycles. The number of thiophene rings is 2. The van der Waals surface area contributed by atoms with Crippen molar-refractivity contribution in [3.8, 4) is 0 Å². The fourth-order valence-electron chi connectivity index (χ4n) is 3.23. The van der Waals surface area contributed by atoms with E-state index in [2.05, 4.69) is 62.5 Å². The van der Waals surface area contributed by atoms with E-state index in [1.807, 2.05) is 18.4 Å². The Bertz CT molecular complexity index is 635. The molecule has 3 heterocycles. The lowest BCUT2D eigenvalue weighted by Gasteiger charge is -2.36. The Hall–Kier alpha value is -0.640. The number of nitrogens with one attached hydrogen (secondary N) is 2. The van der Waals surface area contributed by atoms with Crippen LogP contribution in [0.15, 0.2) is 40.0 Å². The van der Waals surface area contributed by atoms with E-state index in [4.69, 9.17) is 0 Å². The number of hydrogen-bond acceptors (Lipinski definition) is 4. The van der Waals surface area contributed by atoms with Gasteiger partial charge in [0.05, 0.1) is 12.6 Å². The van der Waals surface area contributed by atoms with Crippen LogP contribution in [0.2, 0.25) is 0 Å². The summed E-state index contributed by atoms with van der Waals surface area (Å²) < 4.78 is 0. The van der Waals surface area contributed by atoms with E-state index in [9.17, 15) is 0 Å². The highest BCUT2D eigenvalue weighted by Crippen LogP contribution is 2.29. The zero-order valence-corrected chi connectivity index (χ0v) is 19.4. The summed E-state index contributed by atoms with van der Waals surface area (Å²) in [5.74, 6) is 1.73. The minimum atomic E-state index is 0. The molecule has 2 aromatic heterocycles. The van der Waals surface area contributed by atoms with Gasteiger partial charge in [-0.05, 0) is 54.7 Å². The molecule has 26 heavy (non-hydrogen) atoms. The van der Waals surface area contributed by atoms with E-state index in [1.54, 1.807) is 11.3 Å². The quantitative estimate of drug-likeness (QED) is 0.344. The number of nitrogens with zero attached hydrogens (tertiary/aromatic N) is 2. The summed E-state index contributed by atoms with van der Waals surface area (Å²) >= 11 is 3.62. The highest BCUT2D eigenvalue weighted by atomic mass is 127. The van der Waals surface area contributed by atoms with Crippen LogP contribution in [-0.2, 0) is 6.54 Å². The molecule has 0 aromatic carbocycles. The van der Waals surface area contributed by atoms with Gasteiger partial charge in [-0.15, -0.1) is 46.7 Å². The standard InChI is InChI=1S/C19H28N4S2.HI/c1-15-7-9-23(10-8-15)17(18-6-4-12-25-18)14-22-19(20-2)21-13-16-5-3-11-24-16;/h3-6,11-12,15,17H,7-10,13-14H2,1-2H3,(H2,20,21,22);1H. The van der Waals surface area contributed by atoms with Gasteiger partial charge in [0.15, 0.2) is 5.96 Å². The van der Waals surface area contributed by atoms with Crippen LogP contribution in [0.5, 0.6) is 0 Å². The molecule has 4 nitrogen and oxygen atoms in total. The maximum absolute atomic E-state index is 4.38. The summed E-state index contributed by atoms with van der Waals surface area (Å²) in [5, 5.41) is 11.2. The van der Waals surface area contributed by atoms with Crippen LogP contribution in [0.4, 0.5) is 0 Å². The largest absolute Gasteiger partial charge is 0.354 e. The minimum Gasteiger partial charge on any atom is -0.354 e. The number of piperidine rings is 1. The van der Waals surface area contributed by atoms with Crippen LogP contribution in [0.3, 0.4) is 0 Å². The van der Waals surface area contributed by atoms with Crippen LogP contribution in [0.1, 0.15) is 35.6 Å². The Morgan fingerprint density at radius 2 is 1.92 bits per heavy atom. The van der Waals surface area contributed by atoms with Gasteiger partial charge in [0, 0.05) is 23.3 Å². The first-order valence-electron chi connectivity index (χ1n) is 9.00. The molecule has 0 radical (unpaired) electrons. The smallest absolute Gasteiger partial charge is 0.191 e. The maximum Gasteiger partial charge on any atom is 0.191 e. The molecule has 1 fully saturated rings. The van der Waals surface area contributed by atoms with Gasteiger partial charge < -0.3 is 10.6 Å². The van der Waals surface area contributed by atoms with E-state index in [1.165, 1.54) is 35.7 Å². The number of aliphatic imine (C=N–C) groups is 1. The minimum absolute atomic E-state index is 0. The highest BCUT2D eigenvalue weighted by Gasteiger charge is 2.25. The number of rotatable bonds is 6. The third-order valence-electron chi connectivity index (χ3n) is 4.83. The van der Waals surface area contributed by atoms with Crippen molar-refractivity contribution < 1.29 is 0 Å². The van der Waals surface area contributed by atoms with Crippen molar-refractivity contribution in [3.05, 3.63) is 44.8 Å². The van der Waals surface area contributed by atoms with E-state index >= 15 is 0 Å². The van der Waals surface area contributed by atoms with Gasteiger partial charge in [0.1, 0.15) is 0 Å². The second-order valence-electron chi connectivity index (χ2n) is 6.64. The Labute approximate surface area is 182 Å². The van der Waals surface area contributed by atoms with Crippen molar-refractivity contribution in [2.45, 2.75) is 32.4 Å². The predicted molar refractivity (Wildman–Crippen MR) is 125 cm³/mol. The van der Waals surface area contributed by atoms with E-state index in [0.717, 1.165) is 25.0 Å². The average Bonchev–Trinajstić information content (AvgIpc) is 3.33. The Kier molecular flexibility index (Phi) is 9.38. The zero-order valence-electron chi connectivity index (χ0n) is 15.5. The lowest BCUT2D eigenvalue weighted by molar-refractivity contribution is 0.140. The van der Waals surface area contributed by atoms with Crippen LogP contribution < -0.4 is 10.6 Å². The molecule has 0 spiro atoms. The third kappa shape index (κ3) is 6.21. The van der Waals surface area contributed by atoms with Gasteiger partial charge in [-0.2, -0.15) is 0 Å². The second kappa shape index (κ2) is 11.3. The molecule has 0 saturated carbocycles.